The molecule has 4 aliphatic rings. The molecule has 0 spiro atoms. The fraction of sp³-hybridized carbons (Fsp3) is 0.449. The molecule has 9 N–H and O–H groups in total. The number of fused-ring (bicyclic) bond motifs is 3. The number of allylic oxidation sites excluding steroid dienone is 6. The SMILES string of the molecule is CCN1C(=CC=CC=CC2=[N+](CCCCCC(=O)NCCN3C(=O)CC(SCCC(=O)NCCCC[C@H](NC(=O)[C@@H]4Cc5ccccc5CN4C(=O)[C@@H](N)Cc4c(C)cc(O)cc4C)C(=O)O)C3=O)c3ccc(S(=O)(=O)O)cc3C2(C)C)C(C)(C)c2cc(S(=O)(=O)O)ccc21. The Kier molecular flexibility index (Phi) is 23.6. The second-order valence-corrected chi connectivity index (χ2v) is 29.7. The number of carbonyl (C=O) groups is 7. The van der Waals surface area contributed by atoms with Crippen molar-refractivity contribution in [2.45, 2.75) is 170 Å². The molecule has 23 nitrogen and oxygen atoms in total. The lowest BCUT2D eigenvalue weighted by Gasteiger charge is -2.38. The minimum atomic E-state index is -4.49. The van der Waals surface area contributed by atoms with Gasteiger partial charge in [-0.05, 0) is 155 Å². The normalized spacial score (nSPS) is 18.5. The molecule has 1 fully saturated rings. The number of hydrogen-bond acceptors (Lipinski definition) is 15. The van der Waals surface area contributed by atoms with E-state index in [1.807, 2.05) is 103 Å². The van der Waals surface area contributed by atoms with E-state index in [-0.39, 0.29) is 104 Å². The maximum Gasteiger partial charge on any atom is 0.326 e. The second-order valence-electron chi connectivity index (χ2n) is 25.6. The van der Waals surface area contributed by atoms with E-state index >= 15 is 0 Å². The molecule has 4 aromatic carbocycles. The number of imide groups is 1. The van der Waals surface area contributed by atoms with E-state index in [0.29, 0.717) is 50.8 Å². The van der Waals surface area contributed by atoms with Crippen molar-refractivity contribution in [2.24, 2.45) is 5.73 Å². The number of aliphatic carboxylic acids is 1. The minimum Gasteiger partial charge on any atom is -0.508 e. The van der Waals surface area contributed by atoms with E-state index in [4.69, 9.17) is 5.73 Å². The number of likely N-dealkylation sites (tertiary alicyclic amines) is 1. The number of rotatable bonds is 30. The van der Waals surface area contributed by atoms with Crippen LogP contribution in [0.4, 0.5) is 11.4 Å². The Balaban J connectivity index is 0.743. The number of carboxylic acids is 1. The summed E-state index contributed by atoms with van der Waals surface area (Å²) in [7, 11) is -8.90. The van der Waals surface area contributed by atoms with Gasteiger partial charge in [0.25, 0.3) is 20.2 Å². The number of amides is 6. The van der Waals surface area contributed by atoms with Crippen molar-refractivity contribution >= 4 is 90.5 Å². The molecule has 4 aliphatic heterocycles. The van der Waals surface area contributed by atoms with Gasteiger partial charge < -0.3 is 41.7 Å². The number of likely N-dealkylation sites (N-methyl/N-ethyl adjacent to an activating group) is 1. The molecular formula is C69H87N8O15S3+. The van der Waals surface area contributed by atoms with Crippen LogP contribution in [0.25, 0.3) is 0 Å². The van der Waals surface area contributed by atoms with Crippen molar-refractivity contribution in [2.75, 3.05) is 43.4 Å². The first-order valence-electron chi connectivity index (χ1n) is 32.0. The van der Waals surface area contributed by atoms with Crippen LogP contribution in [0.3, 0.4) is 0 Å². The molecule has 0 aromatic heterocycles. The van der Waals surface area contributed by atoms with E-state index in [0.717, 1.165) is 61.1 Å². The minimum absolute atomic E-state index is 0.00998. The van der Waals surface area contributed by atoms with Crippen LogP contribution in [0.5, 0.6) is 5.75 Å². The molecule has 4 heterocycles. The zero-order chi connectivity index (χ0) is 69.3. The molecule has 8 rings (SSSR count). The molecule has 510 valence electrons. The Bertz CT molecular complexity index is 3990. The molecule has 0 radical (unpaired) electrons. The van der Waals surface area contributed by atoms with Crippen LogP contribution >= 0.6 is 11.8 Å². The first-order valence-corrected chi connectivity index (χ1v) is 35.9. The van der Waals surface area contributed by atoms with Gasteiger partial charge in [0.05, 0.1) is 26.5 Å². The van der Waals surface area contributed by atoms with Crippen LogP contribution in [0.1, 0.15) is 131 Å². The predicted molar refractivity (Wildman–Crippen MR) is 362 cm³/mol. The fourth-order valence-electron chi connectivity index (χ4n) is 13.1. The van der Waals surface area contributed by atoms with E-state index in [9.17, 15) is 69.7 Å². The molecule has 4 aromatic rings. The highest BCUT2D eigenvalue weighted by Crippen LogP contribution is 2.48. The number of hydrogen-bond donors (Lipinski definition) is 8. The highest BCUT2D eigenvalue weighted by molar-refractivity contribution is 8.00. The molecular weight excluding hydrogens is 1280 g/mol. The van der Waals surface area contributed by atoms with E-state index < -0.39 is 78.1 Å². The van der Waals surface area contributed by atoms with Gasteiger partial charge in [-0.25, -0.2) is 4.79 Å². The summed E-state index contributed by atoms with van der Waals surface area (Å²) in [6.07, 6.45) is 12.7. The summed E-state index contributed by atoms with van der Waals surface area (Å²) in [6, 6.07) is 16.4. The number of phenolic OH excluding ortho intramolecular Hbond substituents is 1. The van der Waals surface area contributed by atoms with Gasteiger partial charge in [0.1, 0.15) is 24.4 Å². The van der Waals surface area contributed by atoms with E-state index in [2.05, 4.69) is 25.4 Å². The van der Waals surface area contributed by atoms with Crippen molar-refractivity contribution in [1.29, 1.82) is 0 Å². The second kappa shape index (κ2) is 30.8. The van der Waals surface area contributed by atoms with Gasteiger partial charge in [0.15, 0.2) is 5.71 Å². The van der Waals surface area contributed by atoms with Crippen molar-refractivity contribution in [3.63, 3.8) is 0 Å². The lowest BCUT2D eigenvalue weighted by atomic mass is 9.81. The summed E-state index contributed by atoms with van der Waals surface area (Å²) < 4.78 is 70.3. The summed E-state index contributed by atoms with van der Waals surface area (Å²) in [6.45, 7) is 15.1. The summed E-state index contributed by atoms with van der Waals surface area (Å²) in [5.41, 5.74) is 14.2. The van der Waals surface area contributed by atoms with Gasteiger partial charge in [-0.2, -0.15) is 21.4 Å². The van der Waals surface area contributed by atoms with Crippen LogP contribution in [0.2, 0.25) is 0 Å². The molecule has 0 bridgehead atoms. The summed E-state index contributed by atoms with van der Waals surface area (Å²) in [5.74, 6) is -3.30. The number of unbranched alkanes of at least 4 members (excludes halogenated alkanes) is 3. The monoisotopic (exact) mass is 1360 g/mol. The lowest BCUT2D eigenvalue weighted by Crippen LogP contribution is -2.58. The van der Waals surface area contributed by atoms with Gasteiger partial charge in [0.2, 0.25) is 41.1 Å². The molecule has 26 heteroatoms. The van der Waals surface area contributed by atoms with Crippen LogP contribution in [-0.4, -0.2) is 160 Å². The summed E-state index contributed by atoms with van der Waals surface area (Å²) in [4.78, 5) is 96.6. The Morgan fingerprint density at radius 1 is 0.768 bits per heavy atom. The van der Waals surface area contributed by atoms with E-state index in [1.165, 1.54) is 40.9 Å². The van der Waals surface area contributed by atoms with Gasteiger partial charge in [-0.3, -0.25) is 42.8 Å². The number of anilines is 1. The van der Waals surface area contributed by atoms with Crippen molar-refractivity contribution < 1.29 is 74.3 Å². The molecule has 6 amide bonds. The number of benzene rings is 4. The van der Waals surface area contributed by atoms with Crippen molar-refractivity contribution in [3.05, 3.63) is 148 Å². The first-order chi connectivity index (χ1) is 44.8. The topological polar surface area (TPSA) is 344 Å². The van der Waals surface area contributed by atoms with Crippen LogP contribution in [-0.2, 0) is 84.0 Å². The van der Waals surface area contributed by atoms with Crippen molar-refractivity contribution in [1.82, 2.24) is 25.8 Å². The third-order valence-corrected chi connectivity index (χ3v) is 21.2. The standard InChI is InChI=1S/C69H86N8O15S3/c1-8-74-55-27-25-48(94(87,88)89)38-51(55)68(4,5)59(74)22-11-9-12-23-60-69(6,7)52-39-49(95(90,91)92)26-28-56(52)75(60)32-18-10-13-24-61(79)72-31-33-76-63(81)41-58(66(76)84)93-34-29-62(80)71-30-17-16-21-54(67(85)86)73-64(82)57-37-45-19-14-15-20-46(45)42-77(57)65(83)53(70)40-50-43(2)35-47(78)36-44(50)3/h9,11-12,14-15,19-20,22-23,25-28,35-36,38-39,53-54,57-58H,8,10,13,16-18,21,24,29-34,37,40-42,70H2,1-7H3,(H6-,71,72,73,78,79,80,82,85,86,87,88,89,90,91,92)/p+1/t53-,54-,57-,58?/m0/s1. The summed E-state index contributed by atoms with van der Waals surface area (Å²) >= 11 is 1.20. The number of nitrogens with two attached hydrogens (primary N) is 1. The zero-order valence-electron chi connectivity index (χ0n) is 54.7. The third-order valence-electron chi connectivity index (χ3n) is 18.3. The predicted octanol–water partition coefficient (Wildman–Crippen LogP) is 7.00. The molecule has 95 heavy (non-hydrogen) atoms. The average molecular weight is 1360 g/mol. The van der Waals surface area contributed by atoms with Crippen molar-refractivity contribution in [3.8, 4) is 5.75 Å². The van der Waals surface area contributed by atoms with Gasteiger partial charge in [-0.15, -0.1) is 11.8 Å². The number of aromatic hydroxyl groups is 1. The number of thioether (sulfide) groups is 1. The number of carbonyl (C=O) groups excluding carboxylic acids is 6. The smallest absolute Gasteiger partial charge is 0.326 e. The Hall–Kier alpha value is -8.01. The number of nitrogens with zero attached hydrogens (tertiary/aromatic N) is 4. The number of phenols is 1. The van der Waals surface area contributed by atoms with Gasteiger partial charge in [-0.1, -0.05) is 56.3 Å². The van der Waals surface area contributed by atoms with Crippen LogP contribution < -0.4 is 26.6 Å². The first kappa shape index (κ1) is 72.8. The number of aryl methyl sites for hydroxylation is 2. The Morgan fingerprint density at radius 3 is 2.09 bits per heavy atom. The Morgan fingerprint density at radius 2 is 1.42 bits per heavy atom. The quantitative estimate of drug-likeness (QED) is 0.00856. The lowest BCUT2D eigenvalue weighted by molar-refractivity contribution is -0.438. The molecule has 1 saturated heterocycles. The molecule has 0 saturated carbocycles. The number of nitrogens with one attached hydrogen (secondary N) is 3. The van der Waals surface area contributed by atoms with Crippen LogP contribution in [0.15, 0.2) is 119 Å². The maximum atomic E-state index is 14.0. The maximum absolute atomic E-state index is 14.0. The highest BCUT2D eigenvalue weighted by atomic mass is 32.2. The third kappa shape index (κ3) is 17.3. The Labute approximate surface area is 559 Å². The van der Waals surface area contributed by atoms with Crippen LogP contribution in [0, 0.1) is 13.8 Å². The molecule has 0 aliphatic carbocycles. The van der Waals surface area contributed by atoms with Gasteiger partial charge >= 0.3 is 5.97 Å². The average Bonchev–Trinajstić information content (AvgIpc) is 1.61. The largest absolute Gasteiger partial charge is 0.508 e. The molecule has 1 unspecified atom stereocenters. The summed E-state index contributed by atoms with van der Waals surface area (Å²) in [5, 5.41) is 27.7. The highest BCUT2D eigenvalue weighted by Gasteiger charge is 2.46. The fourth-order valence-corrected chi connectivity index (χ4v) is 15.3. The van der Waals surface area contributed by atoms with Gasteiger partial charge in [0, 0.05) is 105 Å². The number of carboxylic acid groups (broad SMARTS) is 1. The van der Waals surface area contributed by atoms with E-state index in [1.54, 1.807) is 24.3 Å². The zero-order valence-corrected chi connectivity index (χ0v) is 57.2. The molecule has 4 atom stereocenters.